The molecule has 1 aliphatic rings. The van der Waals surface area contributed by atoms with Crippen molar-refractivity contribution in [2.45, 2.75) is 169 Å². The molecule has 1 fully saturated rings. The largest absolute Gasteiger partial charge is 0.414 e. The van der Waals surface area contributed by atoms with E-state index in [4.69, 9.17) is 13.9 Å². The average molecular weight is 485 g/mol. The Morgan fingerprint density at radius 1 is 0.909 bits per heavy atom. The van der Waals surface area contributed by atoms with Gasteiger partial charge in [0.1, 0.15) is 0 Å². The molecule has 0 unspecified atom stereocenters. The maximum atomic E-state index is 7.04. The summed E-state index contributed by atoms with van der Waals surface area (Å²) in [5, 5.41) is 0.226. The molecule has 0 radical (unpaired) electrons. The number of hydrogen-bond acceptors (Lipinski definition) is 3. The van der Waals surface area contributed by atoms with Crippen LogP contribution < -0.4 is 0 Å². The second-order valence-corrected chi connectivity index (χ2v) is 17.6. The quantitative estimate of drug-likeness (QED) is 0.161. The van der Waals surface area contributed by atoms with E-state index in [1.165, 1.54) is 70.6 Å². The third-order valence-electron chi connectivity index (χ3n) is 8.12. The Bertz CT molecular complexity index is 511. The Morgan fingerprint density at radius 2 is 1.39 bits per heavy atom. The molecule has 0 aromatic heterocycles. The smallest absolute Gasteiger partial charge is 0.192 e. The lowest BCUT2D eigenvalue weighted by atomic mass is 9.86. The van der Waals surface area contributed by atoms with Crippen LogP contribution in [0, 0.1) is 11.8 Å². The van der Waals surface area contributed by atoms with Crippen molar-refractivity contribution in [2.75, 3.05) is 6.61 Å². The maximum absolute atomic E-state index is 7.04. The van der Waals surface area contributed by atoms with Gasteiger partial charge in [0.05, 0.1) is 18.8 Å². The molecule has 1 aliphatic heterocycles. The zero-order chi connectivity index (χ0) is 25.1. The van der Waals surface area contributed by atoms with Crippen molar-refractivity contribution < 1.29 is 13.9 Å². The molecule has 0 bridgehead atoms. The van der Waals surface area contributed by atoms with Crippen molar-refractivity contribution in [1.29, 1.82) is 0 Å². The number of hydrogen-bond donors (Lipinski definition) is 0. The van der Waals surface area contributed by atoms with E-state index in [9.17, 15) is 0 Å². The minimum absolute atomic E-state index is 0.191. The molecule has 0 aromatic rings. The van der Waals surface area contributed by atoms with Crippen LogP contribution in [0.2, 0.25) is 18.1 Å². The van der Waals surface area contributed by atoms with Crippen LogP contribution in [0.25, 0.3) is 0 Å². The molecule has 4 heteroatoms. The van der Waals surface area contributed by atoms with Crippen LogP contribution in [0.4, 0.5) is 0 Å². The first kappa shape index (κ1) is 31.1. The van der Waals surface area contributed by atoms with Crippen molar-refractivity contribution in [3.8, 4) is 0 Å². The standard InChI is InChI=1S/C29H60O3Si/c1-11-12-13-14-15-16-17-18-19-20-21-22-26(32-33(9,10)28(4,5)6)25(3)27-24(2)23-30-29(7,8)31-27/h24-27H,11-23H2,1-10H3/t24-,25-,26+,27-/m0/s1. The summed E-state index contributed by atoms with van der Waals surface area (Å²) in [7, 11) is -1.84. The van der Waals surface area contributed by atoms with Crippen molar-refractivity contribution in [3.05, 3.63) is 0 Å². The Morgan fingerprint density at radius 3 is 1.88 bits per heavy atom. The second kappa shape index (κ2) is 14.6. The van der Waals surface area contributed by atoms with Gasteiger partial charge in [-0.25, -0.2) is 0 Å². The summed E-state index contributed by atoms with van der Waals surface area (Å²) in [5.41, 5.74) is 0. The lowest BCUT2D eigenvalue weighted by Crippen LogP contribution is -2.52. The molecule has 0 amide bonds. The van der Waals surface area contributed by atoms with E-state index in [0.29, 0.717) is 11.8 Å². The zero-order valence-electron chi connectivity index (χ0n) is 24.2. The predicted octanol–water partition coefficient (Wildman–Crippen LogP) is 9.50. The molecule has 4 atom stereocenters. The molecule has 1 rings (SSSR count). The van der Waals surface area contributed by atoms with Crippen molar-refractivity contribution in [2.24, 2.45) is 11.8 Å². The summed E-state index contributed by atoms with van der Waals surface area (Å²) in [5.74, 6) is 0.278. The summed E-state index contributed by atoms with van der Waals surface area (Å²) < 4.78 is 19.4. The van der Waals surface area contributed by atoms with Crippen LogP contribution in [0.5, 0.6) is 0 Å². The van der Waals surface area contributed by atoms with E-state index in [-0.39, 0.29) is 17.2 Å². The van der Waals surface area contributed by atoms with Gasteiger partial charge in [0, 0.05) is 11.8 Å². The van der Waals surface area contributed by atoms with Crippen molar-refractivity contribution in [1.82, 2.24) is 0 Å². The SMILES string of the molecule is CCCCCCCCCCCCC[C@@H](O[Si](C)(C)C(C)(C)C)[C@H](C)[C@H]1OC(C)(C)OC[C@@H]1C. The fourth-order valence-corrected chi connectivity index (χ4v) is 6.18. The average Bonchev–Trinajstić information content (AvgIpc) is 2.71. The van der Waals surface area contributed by atoms with Crippen LogP contribution in [0.15, 0.2) is 0 Å². The first-order valence-corrected chi connectivity index (χ1v) is 17.2. The first-order valence-electron chi connectivity index (χ1n) is 14.3. The van der Waals surface area contributed by atoms with Crippen LogP contribution in [-0.4, -0.2) is 32.9 Å². The minimum Gasteiger partial charge on any atom is -0.414 e. The van der Waals surface area contributed by atoms with E-state index in [1.54, 1.807) is 0 Å². The van der Waals surface area contributed by atoms with Gasteiger partial charge in [0.15, 0.2) is 14.1 Å². The summed E-state index contributed by atoms with van der Waals surface area (Å²) >= 11 is 0. The van der Waals surface area contributed by atoms with Crippen LogP contribution in [0.3, 0.4) is 0 Å². The van der Waals surface area contributed by atoms with Crippen molar-refractivity contribution in [3.63, 3.8) is 0 Å². The van der Waals surface area contributed by atoms with Gasteiger partial charge in [-0.3, -0.25) is 0 Å². The van der Waals surface area contributed by atoms with Gasteiger partial charge in [-0.05, 0) is 38.4 Å². The molecular weight excluding hydrogens is 424 g/mol. The van der Waals surface area contributed by atoms with E-state index in [2.05, 4.69) is 54.6 Å². The highest BCUT2D eigenvalue weighted by Crippen LogP contribution is 2.41. The Kier molecular flexibility index (Phi) is 13.8. The Hall–Kier alpha value is 0.0969. The second-order valence-electron chi connectivity index (χ2n) is 12.9. The van der Waals surface area contributed by atoms with Gasteiger partial charge in [-0.15, -0.1) is 0 Å². The zero-order valence-corrected chi connectivity index (χ0v) is 25.2. The lowest BCUT2D eigenvalue weighted by molar-refractivity contribution is -0.303. The predicted molar refractivity (Wildman–Crippen MR) is 146 cm³/mol. The molecule has 0 spiro atoms. The van der Waals surface area contributed by atoms with Gasteiger partial charge < -0.3 is 13.9 Å². The molecule has 33 heavy (non-hydrogen) atoms. The molecule has 0 aliphatic carbocycles. The topological polar surface area (TPSA) is 27.7 Å². The highest BCUT2D eigenvalue weighted by molar-refractivity contribution is 6.74. The number of ether oxygens (including phenoxy) is 2. The van der Waals surface area contributed by atoms with E-state index >= 15 is 0 Å². The molecule has 0 aromatic carbocycles. The van der Waals surface area contributed by atoms with Crippen molar-refractivity contribution >= 4 is 8.32 Å². The normalized spacial score (nSPS) is 23.5. The van der Waals surface area contributed by atoms with Crippen LogP contribution >= 0.6 is 0 Å². The highest BCUT2D eigenvalue weighted by Gasteiger charge is 2.44. The summed E-state index contributed by atoms with van der Waals surface area (Å²) in [6, 6.07) is 0. The van der Waals surface area contributed by atoms with E-state index in [1.807, 2.05) is 13.8 Å². The first-order chi connectivity index (χ1) is 15.3. The molecule has 1 heterocycles. The molecule has 0 N–H and O–H groups in total. The van der Waals surface area contributed by atoms with Crippen LogP contribution in [0.1, 0.15) is 132 Å². The third kappa shape index (κ3) is 11.6. The summed E-state index contributed by atoms with van der Waals surface area (Å²) in [4.78, 5) is 0. The van der Waals surface area contributed by atoms with Gasteiger partial charge in [0.25, 0.3) is 0 Å². The summed E-state index contributed by atoms with van der Waals surface area (Å²) in [6.45, 7) is 23.6. The van der Waals surface area contributed by atoms with Gasteiger partial charge in [-0.1, -0.05) is 112 Å². The van der Waals surface area contributed by atoms with E-state index < -0.39 is 14.1 Å². The molecule has 0 saturated carbocycles. The lowest BCUT2D eigenvalue weighted by Gasteiger charge is -2.47. The van der Waals surface area contributed by atoms with Gasteiger partial charge >= 0.3 is 0 Å². The fourth-order valence-electron chi connectivity index (χ4n) is 4.74. The molecule has 3 nitrogen and oxygen atoms in total. The molecule has 1 saturated heterocycles. The fraction of sp³-hybridized carbons (Fsp3) is 1.00. The maximum Gasteiger partial charge on any atom is 0.192 e. The Balaban J connectivity index is 2.56. The van der Waals surface area contributed by atoms with Gasteiger partial charge in [-0.2, -0.15) is 0 Å². The number of rotatable bonds is 16. The summed E-state index contributed by atoms with van der Waals surface area (Å²) in [6.07, 6.45) is 16.8. The molecule has 198 valence electrons. The van der Waals surface area contributed by atoms with E-state index in [0.717, 1.165) is 13.0 Å². The molecular formula is C29H60O3Si. The highest BCUT2D eigenvalue weighted by atomic mass is 28.4. The Labute approximate surface area is 209 Å². The van der Waals surface area contributed by atoms with Crippen LogP contribution in [-0.2, 0) is 13.9 Å². The minimum atomic E-state index is -1.84. The van der Waals surface area contributed by atoms with Gasteiger partial charge in [0.2, 0.25) is 0 Å². The third-order valence-corrected chi connectivity index (χ3v) is 12.6. The monoisotopic (exact) mass is 484 g/mol. The number of unbranched alkanes of at least 4 members (excludes halogenated alkanes) is 10.